The van der Waals surface area contributed by atoms with Crippen molar-refractivity contribution in [3.8, 4) is 0 Å². The number of fused-ring (bicyclic) bond motifs is 1. The molecule has 3 saturated carbocycles. The van der Waals surface area contributed by atoms with Gasteiger partial charge in [-0.25, -0.2) is 0 Å². The van der Waals surface area contributed by atoms with Gasteiger partial charge in [-0.15, -0.1) is 10.2 Å². The van der Waals surface area contributed by atoms with Crippen molar-refractivity contribution >= 4 is 5.65 Å². The largest absolute Gasteiger partial charge is 0.307 e. The van der Waals surface area contributed by atoms with Gasteiger partial charge in [-0.3, -0.25) is 9.20 Å². The van der Waals surface area contributed by atoms with Crippen LogP contribution >= 0.6 is 0 Å². The van der Waals surface area contributed by atoms with E-state index in [4.69, 9.17) is 0 Å². The van der Waals surface area contributed by atoms with Crippen molar-refractivity contribution in [3.63, 3.8) is 0 Å². The summed E-state index contributed by atoms with van der Waals surface area (Å²) in [6.45, 7) is 7.26. The number of aromatic nitrogens is 4. The van der Waals surface area contributed by atoms with Gasteiger partial charge in [-0.2, -0.15) is 0 Å². The van der Waals surface area contributed by atoms with Crippen molar-refractivity contribution in [1.29, 1.82) is 0 Å². The summed E-state index contributed by atoms with van der Waals surface area (Å²) in [4.78, 5) is 13.0. The topological polar surface area (TPSA) is 52.2 Å². The molecule has 122 valence electrons. The molecule has 2 aromatic heterocycles. The molecule has 0 amide bonds. The first-order valence-electron chi connectivity index (χ1n) is 8.91. The van der Waals surface area contributed by atoms with E-state index in [-0.39, 0.29) is 11.0 Å². The van der Waals surface area contributed by atoms with Gasteiger partial charge in [0.15, 0.2) is 0 Å². The van der Waals surface area contributed by atoms with Crippen LogP contribution in [0.1, 0.15) is 62.7 Å². The predicted molar refractivity (Wildman–Crippen MR) is 87.7 cm³/mol. The van der Waals surface area contributed by atoms with E-state index in [9.17, 15) is 4.79 Å². The van der Waals surface area contributed by atoms with Crippen LogP contribution in [0.25, 0.3) is 5.65 Å². The molecule has 0 spiro atoms. The van der Waals surface area contributed by atoms with Gasteiger partial charge in [-0.1, -0.05) is 6.92 Å². The summed E-state index contributed by atoms with van der Waals surface area (Å²) in [6, 6.07) is 0. The first kappa shape index (κ1) is 13.8. The number of hydrogen-bond acceptors (Lipinski definition) is 3. The average molecular weight is 312 g/mol. The molecular formula is C18H24N4O. The highest BCUT2D eigenvalue weighted by Gasteiger charge is 2.58. The minimum absolute atomic E-state index is 0.0339. The second-order valence-electron chi connectivity index (χ2n) is 8.49. The van der Waals surface area contributed by atoms with Crippen molar-refractivity contribution < 1.29 is 0 Å². The van der Waals surface area contributed by atoms with Crippen LogP contribution in [-0.4, -0.2) is 19.2 Å². The highest BCUT2D eigenvalue weighted by molar-refractivity contribution is 5.42. The lowest BCUT2D eigenvalue weighted by atomic mass is 9.99. The molecule has 3 fully saturated rings. The predicted octanol–water partition coefficient (Wildman–Crippen LogP) is 2.75. The molecule has 5 nitrogen and oxygen atoms in total. The third-order valence-corrected chi connectivity index (χ3v) is 6.60. The smallest absolute Gasteiger partial charge is 0.296 e. The second-order valence-corrected chi connectivity index (χ2v) is 8.49. The molecule has 0 unspecified atom stereocenters. The Labute approximate surface area is 135 Å². The summed E-state index contributed by atoms with van der Waals surface area (Å²) < 4.78 is 4.02. The van der Waals surface area contributed by atoms with Crippen molar-refractivity contribution in [2.24, 2.45) is 11.3 Å². The fraction of sp³-hybridized carbons (Fsp3) is 0.722. The maximum Gasteiger partial charge on any atom is 0.296 e. The van der Waals surface area contributed by atoms with Crippen LogP contribution in [0.4, 0.5) is 0 Å². The molecule has 2 aromatic rings. The summed E-state index contributed by atoms with van der Waals surface area (Å²) in [5.41, 5.74) is 3.29. The molecule has 3 aliphatic rings. The zero-order chi connectivity index (χ0) is 16.0. The van der Waals surface area contributed by atoms with Gasteiger partial charge in [0.2, 0.25) is 5.65 Å². The maximum absolute atomic E-state index is 13.0. The van der Waals surface area contributed by atoms with Crippen LogP contribution in [0.5, 0.6) is 0 Å². The molecule has 0 bridgehead atoms. The fourth-order valence-electron chi connectivity index (χ4n) is 4.22. The molecule has 23 heavy (non-hydrogen) atoms. The van der Waals surface area contributed by atoms with E-state index in [0.717, 1.165) is 29.7 Å². The first-order valence-corrected chi connectivity index (χ1v) is 8.91. The van der Waals surface area contributed by atoms with Crippen molar-refractivity contribution in [1.82, 2.24) is 19.2 Å². The minimum atomic E-state index is 0.0339. The molecule has 5 heteroatoms. The van der Waals surface area contributed by atoms with Gasteiger partial charge < -0.3 is 4.57 Å². The molecule has 2 heterocycles. The van der Waals surface area contributed by atoms with Crippen LogP contribution in [-0.2, 0) is 12.0 Å². The zero-order valence-corrected chi connectivity index (χ0v) is 14.2. The molecule has 5 rings (SSSR count). The maximum atomic E-state index is 13.0. The van der Waals surface area contributed by atoms with Crippen LogP contribution < -0.4 is 5.56 Å². The fourth-order valence-corrected chi connectivity index (χ4v) is 4.22. The quantitative estimate of drug-likeness (QED) is 0.872. The standard InChI is InChI=1S/C18H24N4O/c1-11-12(2)22-14(15(23)21(11)10-17(3)6-7-17)19-20-16(22)18(8-9-18)13-4-5-13/h13H,4-10H2,1-3H3. The lowest BCUT2D eigenvalue weighted by molar-refractivity contribution is 0.445. The molecule has 3 aliphatic carbocycles. The van der Waals surface area contributed by atoms with Gasteiger partial charge >= 0.3 is 0 Å². The van der Waals surface area contributed by atoms with E-state index >= 15 is 0 Å². The van der Waals surface area contributed by atoms with E-state index in [0.29, 0.717) is 11.1 Å². The Morgan fingerprint density at radius 3 is 2.35 bits per heavy atom. The summed E-state index contributed by atoms with van der Waals surface area (Å²) >= 11 is 0. The molecule has 0 saturated heterocycles. The summed E-state index contributed by atoms with van der Waals surface area (Å²) in [6.07, 6.45) is 7.46. The third-order valence-electron chi connectivity index (χ3n) is 6.60. The summed E-state index contributed by atoms with van der Waals surface area (Å²) in [5.74, 6) is 1.82. The SMILES string of the molecule is Cc1c(C)n2c(C3(C4CC4)CC3)nnc2c(=O)n1CC1(C)CC1. The van der Waals surface area contributed by atoms with Gasteiger partial charge in [0, 0.05) is 23.3 Å². The number of aryl methyl sites for hydroxylation is 1. The normalized spacial score (nSPS) is 24.1. The Kier molecular flexibility index (Phi) is 2.43. The average Bonchev–Trinajstić information content (AvgIpc) is 3.37. The van der Waals surface area contributed by atoms with E-state index in [2.05, 4.69) is 35.4 Å². The Hall–Kier alpha value is -1.65. The molecule has 0 atom stereocenters. The number of nitrogens with zero attached hydrogens (tertiary/aromatic N) is 4. The molecule has 0 N–H and O–H groups in total. The second kappa shape index (κ2) is 4.05. The van der Waals surface area contributed by atoms with Crippen LogP contribution in [0.2, 0.25) is 0 Å². The molecular weight excluding hydrogens is 288 g/mol. The van der Waals surface area contributed by atoms with Gasteiger partial charge in [0.1, 0.15) is 5.82 Å². The van der Waals surface area contributed by atoms with Crippen molar-refractivity contribution in [3.05, 3.63) is 27.6 Å². The zero-order valence-electron chi connectivity index (χ0n) is 14.2. The van der Waals surface area contributed by atoms with E-state index < -0.39 is 0 Å². The monoisotopic (exact) mass is 312 g/mol. The van der Waals surface area contributed by atoms with Gasteiger partial charge in [-0.05, 0) is 63.7 Å². The third kappa shape index (κ3) is 1.82. The van der Waals surface area contributed by atoms with E-state index in [1.807, 2.05) is 4.57 Å². The van der Waals surface area contributed by atoms with E-state index in [1.54, 1.807) is 0 Å². The Morgan fingerprint density at radius 2 is 1.78 bits per heavy atom. The lowest BCUT2D eigenvalue weighted by Crippen LogP contribution is -2.30. The summed E-state index contributed by atoms with van der Waals surface area (Å²) in [7, 11) is 0. The van der Waals surface area contributed by atoms with Crippen molar-refractivity contribution in [2.45, 2.75) is 71.3 Å². The Balaban J connectivity index is 1.72. The molecule has 0 radical (unpaired) electrons. The van der Waals surface area contributed by atoms with Crippen LogP contribution in [0, 0.1) is 25.2 Å². The summed E-state index contributed by atoms with van der Waals surface area (Å²) in [5, 5.41) is 8.83. The highest BCUT2D eigenvalue weighted by atomic mass is 16.1. The first-order chi connectivity index (χ1) is 11.0. The Bertz CT molecular complexity index is 879. The van der Waals surface area contributed by atoms with Crippen molar-refractivity contribution in [2.75, 3.05) is 0 Å². The number of rotatable bonds is 4. The molecule has 0 aliphatic heterocycles. The Morgan fingerprint density at radius 1 is 1.09 bits per heavy atom. The van der Waals surface area contributed by atoms with E-state index in [1.165, 1.54) is 38.5 Å². The van der Waals surface area contributed by atoms with Crippen LogP contribution in [0.3, 0.4) is 0 Å². The lowest BCUT2D eigenvalue weighted by Gasteiger charge is -2.19. The van der Waals surface area contributed by atoms with Gasteiger partial charge in [0.05, 0.1) is 0 Å². The van der Waals surface area contributed by atoms with Gasteiger partial charge in [0.25, 0.3) is 5.56 Å². The molecule has 0 aromatic carbocycles. The number of hydrogen-bond donors (Lipinski definition) is 0. The van der Waals surface area contributed by atoms with Crippen LogP contribution in [0.15, 0.2) is 4.79 Å². The minimum Gasteiger partial charge on any atom is -0.307 e. The highest BCUT2D eigenvalue weighted by Crippen LogP contribution is 2.61.